The van der Waals surface area contributed by atoms with Crippen LogP contribution < -0.4 is 0 Å². The van der Waals surface area contributed by atoms with Gasteiger partial charge in [-0.1, -0.05) is 0 Å². The zero-order chi connectivity index (χ0) is 12.8. The van der Waals surface area contributed by atoms with Crippen LogP contribution in [0.3, 0.4) is 0 Å². The normalized spacial score (nSPS) is 28.4. The molecule has 0 aromatic carbocycles. The maximum absolute atomic E-state index is 12.5. The first kappa shape index (κ1) is 11.8. The van der Waals surface area contributed by atoms with E-state index in [1.54, 1.807) is 4.90 Å². The lowest BCUT2D eigenvalue weighted by Gasteiger charge is -2.36. The van der Waals surface area contributed by atoms with Crippen LogP contribution in [0.15, 0.2) is 18.3 Å². The molecule has 18 heavy (non-hydrogen) atoms. The van der Waals surface area contributed by atoms with Crippen molar-refractivity contribution in [3.63, 3.8) is 0 Å². The predicted octanol–water partition coefficient (Wildman–Crippen LogP) is 1.81. The molecule has 1 N–H and O–H groups in total. The van der Waals surface area contributed by atoms with Gasteiger partial charge in [0.1, 0.15) is 5.69 Å². The van der Waals surface area contributed by atoms with E-state index in [1.807, 2.05) is 25.3 Å². The van der Waals surface area contributed by atoms with Crippen LogP contribution in [0.5, 0.6) is 0 Å². The zero-order valence-corrected chi connectivity index (χ0v) is 10.8. The molecule has 1 saturated carbocycles. The van der Waals surface area contributed by atoms with Gasteiger partial charge in [0.05, 0.1) is 5.60 Å². The fourth-order valence-electron chi connectivity index (χ4n) is 2.80. The summed E-state index contributed by atoms with van der Waals surface area (Å²) >= 11 is 0. The average Bonchev–Trinajstić information content (AvgIpc) is 3.05. The summed E-state index contributed by atoms with van der Waals surface area (Å²) in [6, 6.07) is 4.35. The first-order valence-electron chi connectivity index (χ1n) is 6.75. The third-order valence-electron chi connectivity index (χ3n) is 3.90. The Morgan fingerprint density at radius 1 is 1.50 bits per heavy atom. The smallest absolute Gasteiger partial charge is 0.270 e. The van der Waals surface area contributed by atoms with Crippen LogP contribution in [-0.4, -0.2) is 39.2 Å². The van der Waals surface area contributed by atoms with Gasteiger partial charge in [0.15, 0.2) is 0 Å². The van der Waals surface area contributed by atoms with Gasteiger partial charge in [-0.25, -0.2) is 0 Å². The summed E-state index contributed by atoms with van der Waals surface area (Å²) < 4.78 is 2.09. The molecule has 1 unspecified atom stereocenters. The van der Waals surface area contributed by atoms with Gasteiger partial charge in [0.2, 0.25) is 0 Å². The molecule has 1 aromatic rings. The molecule has 2 fully saturated rings. The Morgan fingerprint density at radius 3 is 2.94 bits per heavy atom. The van der Waals surface area contributed by atoms with E-state index in [0.717, 1.165) is 25.1 Å². The maximum atomic E-state index is 12.5. The molecular weight excluding hydrogens is 228 g/mol. The molecule has 3 rings (SSSR count). The Bertz CT molecular complexity index is 460. The number of carbonyl (C=O) groups excluding carboxylic acids is 1. The topological polar surface area (TPSA) is 45.5 Å². The molecule has 0 spiro atoms. The monoisotopic (exact) mass is 248 g/mol. The SMILES string of the molecule is CC1(O)CCCN(C(=O)c2cccn2C2CC2)C1. The number of likely N-dealkylation sites (tertiary alicyclic amines) is 1. The molecule has 1 saturated heterocycles. The molecular formula is C14H20N2O2. The fourth-order valence-corrected chi connectivity index (χ4v) is 2.80. The van der Waals surface area contributed by atoms with Crippen LogP contribution in [0.4, 0.5) is 0 Å². The van der Waals surface area contributed by atoms with E-state index in [-0.39, 0.29) is 5.91 Å². The average molecular weight is 248 g/mol. The number of carbonyl (C=O) groups is 1. The van der Waals surface area contributed by atoms with E-state index in [2.05, 4.69) is 4.57 Å². The van der Waals surface area contributed by atoms with Crippen molar-refractivity contribution < 1.29 is 9.90 Å². The molecule has 4 heteroatoms. The van der Waals surface area contributed by atoms with Gasteiger partial charge >= 0.3 is 0 Å². The largest absolute Gasteiger partial charge is 0.388 e. The molecule has 1 atom stereocenters. The summed E-state index contributed by atoms with van der Waals surface area (Å²) in [5.74, 6) is 0.0619. The molecule has 0 bridgehead atoms. The Labute approximate surface area is 107 Å². The molecule has 2 heterocycles. The summed E-state index contributed by atoms with van der Waals surface area (Å²) in [7, 11) is 0. The van der Waals surface area contributed by atoms with Crippen molar-refractivity contribution in [1.82, 2.24) is 9.47 Å². The van der Waals surface area contributed by atoms with Crippen molar-refractivity contribution in [3.05, 3.63) is 24.0 Å². The van der Waals surface area contributed by atoms with Crippen LogP contribution in [0.1, 0.15) is 49.1 Å². The molecule has 1 aliphatic heterocycles. The van der Waals surface area contributed by atoms with Crippen molar-refractivity contribution in [1.29, 1.82) is 0 Å². The second-order valence-corrected chi connectivity index (χ2v) is 5.86. The number of amides is 1. The van der Waals surface area contributed by atoms with Gasteiger partial charge in [-0.15, -0.1) is 0 Å². The maximum Gasteiger partial charge on any atom is 0.270 e. The van der Waals surface area contributed by atoms with Crippen LogP contribution in [-0.2, 0) is 0 Å². The van der Waals surface area contributed by atoms with Gasteiger partial charge in [0.25, 0.3) is 5.91 Å². The van der Waals surface area contributed by atoms with Gasteiger partial charge in [-0.2, -0.15) is 0 Å². The van der Waals surface area contributed by atoms with Crippen LogP contribution >= 0.6 is 0 Å². The number of hydrogen-bond donors (Lipinski definition) is 1. The van der Waals surface area contributed by atoms with Gasteiger partial charge in [-0.05, 0) is 44.7 Å². The first-order valence-corrected chi connectivity index (χ1v) is 6.75. The van der Waals surface area contributed by atoms with Gasteiger partial charge in [-0.3, -0.25) is 4.79 Å². The summed E-state index contributed by atoms with van der Waals surface area (Å²) in [6.45, 7) is 3.01. The van der Waals surface area contributed by atoms with Gasteiger partial charge in [0, 0.05) is 25.3 Å². The van der Waals surface area contributed by atoms with Gasteiger partial charge < -0.3 is 14.6 Å². The third-order valence-corrected chi connectivity index (χ3v) is 3.90. The number of hydrogen-bond acceptors (Lipinski definition) is 2. The molecule has 98 valence electrons. The predicted molar refractivity (Wildman–Crippen MR) is 68.5 cm³/mol. The zero-order valence-electron chi connectivity index (χ0n) is 10.8. The highest BCUT2D eigenvalue weighted by atomic mass is 16.3. The molecule has 4 nitrogen and oxygen atoms in total. The van der Waals surface area contributed by atoms with Crippen molar-refractivity contribution in [2.24, 2.45) is 0 Å². The lowest BCUT2D eigenvalue weighted by molar-refractivity contribution is -0.0111. The van der Waals surface area contributed by atoms with Crippen molar-refractivity contribution in [3.8, 4) is 0 Å². The highest BCUT2D eigenvalue weighted by Gasteiger charge is 2.33. The number of aromatic nitrogens is 1. The van der Waals surface area contributed by atoms with E-state index in [9.17, 15) is 9.90 Å². The quantitative estimate of drug-likeness (QED) is 0.867. The number of rotatable bonds is 2. The standard InChI is InChI=1S/C14H20N2O2/c1-14(18)7-3-8-15(10-14)13(17)12-4-2-9-16(12)11-5-6-11/h2,4,9,11,18H,3,5-8,10H2,1H3. The molecule has 0 radical (unpaired) electrons. The second-order valence-electron chi connectivity index (χ2n) is 5.86. The van der Waals surface area contributed by atoms with E-state index in [0.29, 0.717) is 12.6 Å². The number of nitrogens with zero attached hydrogens (tertiary/aromatic N) is 2. The van der Waals surface area contributed by atoms with E-state index in [4.69, 9.17) is 0 Å². The molecule has 2 aliphatic rings. The molecule has 1 aromatic heterocycles. The van der Waals surface area contributed by atoms with E-state index >= 15 is 0 Å². The molecule has 1 aliphatic carbocycles. The Balaban J connectivity index is 1.79. The summed E-state index contributed by atoms with van der Waals surface area (Å²) in [5, 5.41) is 10.1. The van der Waals surface area contributed by atoms with E-state index in [1.165, 1.54) is 12.8 Å². The van der Waals surface area contributed by atoms with Crippen molar-refractivity contribution in [2.75, 3.05) is 13.1 Å². The minimum atomic E-state index is -0.731. The van der Waals surface area contributed by atoms with E-state index < -0.39 is 5.60 Å². The Hall–Kier alpha value is -1.29. The van der Waals surface area contributed by atoms with Crippen LogP contribution in [0, 0.1) is 0 Å². The van der Waals surface area contributed by atoms with Crippen LogP contribution in [0.2, 0.25) is 0 Å². The van der Waals surface area contributed by atoms with Crippen molar-refractivity contribution in [2.45, 2.75) is 44.2 Å². The lowest BCUT2D eigenvalue weighted by atomic mass is 9.95. The highest BCUT2D eigenvalue weighted by Crippen LogP contribution is 2.36. The summed E-state index contributed by atoms with van der Waals surface area (Å²) in [5.41, 5.74) is 0.0421. The minimum absolute atomic E-state index is 0.0619. The molecule has 1 amide bonds. The number of β-amino-alcohol motifs (C(OH)–C–C–N with tert-alkyl or cyclic N) is 1. The van der Waals surface area contributed by atoms with Crippen LogP contribution in [0.25, 0.3) is 0 Å². The third kappa shape index (κ3) is 2.17. The first-order chi connectivity index (χ1) is 8.57. The fraction of sp³-hybridized carbons (Fsp3) is 0.643. The Kier molecular flexibility index (Phi) is 2.70. The summed E-state index contributed by atoms with van der Waals surface area (Å²) in [6.07, 6.45) is 6.00. The van der Waals surface area contributed by atoms with Crippen molar-refractivity contribution >= 4 is 5.91 Å². The lowest BCUT2D eigenvalue weighted by Crippen LogP contribution is -2.48. The number of piperidine rings is 1. The minimum Gasteiger partial charge on any atom is -0.388 e. The highest BCUT2D eigenvalue weighted by molar-refractivity contribution is 5.93. The Morgan fingerprint density at radius 2 is 2.28 bits per heavy atom. The summed E-state index contributed by atoms with van der Waals surface area (Å²) in [4.78, 5) is 14.3. The number of aliphatic hydroxyl groups is 1. The second kappa shape index (κ2) is 4.12.